The summed E-state index contributed by atoms with van der Waals surface area (Å²) >= 11 is 3.59. The van der Waals surface area contributed by atoms with Crippen molar-refractivity contribution in [2.75, 3.05) is 0 Å². The number of para-hydroxylation sites is 2. The smallest absolute Gasteiger partial charge is 0.113 e. The van der Waals surface area contributed by atoms with Crippen LogP contribution in [0.15, 0.2) is 53.0 Å². The van der Waals surface area contributed by atoms with Crippen LogP contribution in [0.1, 0.15) is 49.4 Å². The van der Waals surface area contributed by atoms with Crippen molar-refractivity contribution in [3.8, 4) is 0 Å². The summed E-state index contributed by atoms with van der Waals surface area (Å²) in [7, 11) is 0. The summed E-state index contributed by atoms with van der Waals surface area (Å²) in [5, 5.41) is 0. The molecule has 0 saturated heterocycles. The van der Waals surface area contributed by atoms with Crippen molar-refractivity contribution in [1.82, 2.24) is 9.55 Å². The van der Waals surface area contributed by atoms with Gasteiger partial charge in [-0.2, -0.15) is 0 Å². The molecule has 0 spiro atoms. The number of aromatic nitrogens is 2. The van der Waals surface area contributed by atoms with Crippen LogP contribution in [0.4, 0.5) is 0 Å². The lowest BCUT2D eigenvalue weighted by Crippen LogP contribution is -2.13. The minimum atomic E-state index is 0.614. The van der Waals surface area contributed by atoms with Crippen molar-refractivity contribution >= 4 is 27.0 Å². The maximum atomic E-state index is 5.01. The summed E-state index contributed by atoms with van der Waals surface area (Å²) in [5.41, 5.74) is 3.70. The highest BCUT2D eigenvalue weighted by Crippen LogP contribution is 2.34. The van der Waals surface area contributed by atoms with E-state index in [0.29, 0.717) is 5.92 Å². The summed E-state index contributed by atoms with van der Waals surface area (Å²) in [6, 6.07) is 17.1. The fourth-order valence-corrected chi connectivity index (χ4v) is 4.20. The third-order valence-electron chi connectivity index (χ3n) is 4.88. The van der Waals surface area contributed by atoms with Gasteiger partial charge in [0.15, 0.2) is 0 Å². The van der Waals surface area contributed by atoms with Crippen LogP contribution in [-0.2, 0) is 6.54 Å². The Bertz CT molecular complexity index is 815. The van der Waals surface area contributed by atoms with Crippen molar-refractivity contribution < 1.29 is 0 Å². The summed E-state index contributed by atoms with van der Waals surface area (Å²) in [6.45, 7) is 0.895. The second-order valence-corrected chi connectivity index (χ2v) is 7.43. The highest BCUT2D eigenvalue weighted by Gasteiger charge is 2.22. The average Bonchev–Trinajstić information content (AvgIpc) is 2.95. The molecule has 1 aromatic heterocycles. The molecule has 1 fully saturated rings. The normalized spacial score (nSPS) is 16.0. The van der Waals surface area contributed by atoms with E-state index in [2.05, 4.69) is 69.0 Å². The number of hydrogen-bond donors (Lipinski definition) is 0. The Morgan fingerprint density at radius 1 is 1.00 bits per heavy atom. The van der Waals surface area contributed by atoms with Gasteiger partial charge in [-0.05, 0) is 42.7 Å². The Morgan fingerprint density at radius 3 is 2.65 bits per heavy atom. The minimum absolute atomic E-state index is 0.614. The van der Waals surface area contributed by atoms with Gasteiger partial charge in [-0.15, -0.1) is 0 Å². The summed E-state index contributed by atoms with van der Waals surface area (Å²) in [6.07, 6.45) is 6.61. The van der Waals surface area contributed by atoms with Gasteiger partial charge in [-0.1, -0.05) is 59.5 Å². The summed E-state index contributed by atoms with van der Waals surface area (Å²) in [4.78, 5) is 5.01. The van der Waals surface area contributed by atoms with Gasteiger partial charge in [0.25, 0.3) is 0 Å². The predicted octanol–water partition coefficient (Wildman–Crippen LogP) is 5.89. The van der Waals surface area contributed by atoms with Crippen LogP contribution < -0.4 is 0 Å². The third kappa shape index (κ3) is 3.07. The first-order chi connectivity index (χ1) is 11.3. The SMILES string of the molecule is Brc1cccc(Cn2c(C3CCCCC3)nc3ccccc32)c1. The molecular formula is C20H21BrN2. The molecule has 1 aliphatic rings. The van der Waals surface area contributed by atoms with E-state index in [1.54, 1.807) is 0 Å². The quantitative estimate of drug-likeness (QED) is 0.562. The van der Waals surface area contributed by atoms with Gasteiger partial charge in [0.05, 0.1) is 11.0 Å². The molecule has 23 heavy (non-hydrogen) atoms. The Kier molecular flexibility index (Phi) is 4.21. The van der Waals surface area contributed by atoms with Crippen LogP contribution in [0.3, 0.4) is 0 Å². The number of nitrogens with zero attached hydrogens (tertiary/aromatic N) is 2. The average molecular weight is 369 g/mol. The van der Waals surface area contributed by atoms with E-state index in [1.807, 2.05) is 0 Å². The van der Waals surface area contributed by atoms with Crippen molar-refractivity contribution in [3.05, 3.63) is 64.4 Å². The van der Waals surface area contributed by atoms with Gasteiger partial charge < -0.3 is 4.57 Å². The zero-order valence-corrected chi connectivity index (χ0v) is 14.8. The fourth-order valence-electron chi connectivity index (χ4n) is 3.75. The maximum Gasteiger partial charge on any atom is 0.113 e. The molecule has 0 N–H and O–H groups in total. The standard InChI is InChI=1S/C20H21BrN2/c21-17-10-6-7-15(13-17)14-23-19-12-5-4-11-18(19)22-20(23)16-8-2-1-3-9-16/h4-7,10-13,16H,1-3,8-9,14H2. The molecule has 0 unspecified atom stereocenters. The van der Waals surface area contributed by atoms with Crippen LogP contribution in [0.2, 0.25) is 0 Å². The Balaban J connectivity index is 1.79. The predicted molar refractivity (Wildman–Crippen MR) is 98.8 cm³/mol. The van der Waals surface area contributed by atoms with Crippen LogP contribution in [0.25, 0.3) is 11.0 Å². The molecule has 3 heteroatoms. The fraction of sp³-hybridized carbons (Fsp3) is 0.350. The van der Waals surface area contributed by atoms with E-state index in [0.717, 1.165) is 16.5 Å². The van der Waals surface area contributed by atoms with Gasteiger partial charge in [0.2, 0.25) is 0 Å². The van der Waals surface area contributed by atoms with Gasteiger partial charge in [0.1, 0.15) is 5.82 Å². The molecule has 118 valence electrons. The number of benzene rings is 2. The zero-order chi connectivity index (χ0) is 15.6. The summed E-state index contributed by atoms with van der Waals surface area (Å²) in [5.74, 6) is 1.90. The topological polar surface area (TPSA) is 17.8 Å². The molecule has 4 rings (SSSR count). The van der Waals surface area contributed by atoms with Crippen molar-refractivity contribution in [2.24, 2.45) is 0 Å². The Labute approximate surface area is 145 Å². The maximum absolute atomic E-state index is 5.01. The zero-order valence-electron chi connectivity index (χ0n) is 13.2. The molecular weight excluding hydrogens is 348 g/mol. The lowest BCUT2D eigenvalue weighted by atomic mass is 9.88. The third-order valence-corrected chi connectivity index (χ3v) is 5.38. The molecule has 2 aromatic carbocycles. The van der Waals surface area contributed by atoms with E-state index in [1.165, 1.54) is 49.0 Å². The van der Waals surface area contributed by atoms with E-state index >= 15 is 0 Å². The van der Waals surface area contributed by atoms with Crippen LogP contribution in [0, 0.1) is 0 Å². The molecule has 0 atom stereocenters. The molecule has 2 nitrogen and oxygen atoms in total. The molecule has 1 saturated carbocycles. The first kappa shape index (κ1) is 14.9. The van der Waals surface area contributed by atoms with Crippen molar-refractivity contribution in [2.45, 2.75) is 44.6 Å². The van der Waals surface area contributed by atoms with Gasteiger partial charge in [-0.3, -0.25) is 0 Å². The van der Waals surface area contributed by atoms with Crippen LogP contribution in [-0.4, -0.2) is 9.55 Å². The molecule has 0 bridgehead atoms. The monoisotopic (exact) mass is 368 g/mol. The van der Waals surface area contributed by atoms with Gasteiger partial charge in [-0.25, -0.2) is 4.98 Å². The first-order valence-corrected chi connectivity index (χ1v) is 9.30. The van der Waals surface area contributed by atoms with Crippen molar-refractivity contribution in [1.29, 1.82) is 0 Å². The molecule has 0 amide bonds. The molecule has 1 aliphatic carbocycles. The second-order valence-electron chi connectivity index (χ2n) is 6.51. The molecule has 3 aromatic rings. The number of hydrogen-bond acceptors (Lipinski definition) is 1. The number of fused-ring (bicyclic) bond motifs is 1. The van der Waals surface area contributed by atoms with E-state index in [-0.39, 0.29) is 0 Å². The second kappa shape index (κ2) is 6.48. The van der Waals surface area contributed by atoms with Gasteiger partial charge >= 0.3 is 0 Å². The first-order valence-electron chi connectivity index (χ1n) is 8.51. The number of imidazole rings is 1. The summed E-state index contributed by atoms with van der Waals surface area (Å²) < 4.78 is 3.58. The number of halogens is 1. The van der Waals surface area contributed by atoms with E-state index in [4.69, 9.17) is 4.98 Å². The Morgan fingerprint density at radius 2 is 1.83 bits per heavy atom. The van der Waals surface area contributed by atoms with Gasteiger partial charge in [0, 0.05) is 16.9 Å². The van der Waals surface area contributed by atoms with Crippen LogP contribution in [0.5, 0.6) is 0 Å². The van der Waals surface area contributed by atoms with E-state index < -0.39 is 0 Å². The number of rotatable bonds is 3. The highest BCUT2D eigenvalue weighted by molar-refractivity contribution is 9.10. The minimum Gasteiger partial charge on any atom is -0.323 e. The molecule has 1 heterocycles. The molecule has 0 radical (unpaired) electrons. The Hall–Kier alpha value is -1.61. The molecule has 0 aliphatic heterocycles. The largest absolute Gasteiger partial charge is 0.323 e. The van der Waals surface area contributed by atoms with Crippen LogP contribution >= 0.6 is 15.9 Å². The lowest BCUT2D eigenvalue weighted by molar-refractivity contribution is 0.420. The highest BCUT2D eigenvalue weighted by atomic mass is 79.9. The van der Waals surface area contributed by atoms with Crippen molar-refractivity contribution in [3.63, 3.8) is 0 Å². The lowest BCUT2D eigenvalue weighted by Gasteiger charge is -2.22. The van der Waals surface area contributed by atoms with E-state index in [9.17, 15) is 0 Å².